The fraction of sp³-hybridized carbons (Fsp3) is 0.250. The number of H-pyrrole nitrogens is 1. The minimum absolute atomic E-state index is 0.184. The highest BCUT2D eigenvalue weighted by Crippen LogP contribution is 2.28. The number of nitrogens with one attached hydrogen (secondary N) is 3. The Balaban J connectivity index is 1.78. The number of hydrogen-bond acceptors (Lipinski definition) is 5. The van der Waals surface area contributed by atoms with Gasteiger partial charge in [0.05, 0.1) is 11.1 Å². The fourth-order valence-corrected chi connectivity index (χ4v) is 3.88. The third-order valence-electron chi connectivity index (χ3n) is 4.56. The minimum atomic E-state index is -0.324. The van der Waals surface area contributed by atoms with Crippen molar-refractivity contribution in [2.45, 2.75) is 19.9 Å². The lowest BCUT2D eigenvalue weighted by Gasteiger charge is -2.12. The van der Waals surface area contributed by atoms with Crippen LogP contribution in [0.5, 0.6) is 0 Å². The van der Waals surface area contributed by atoms with Gasteiger partial charge in [0, 0.05) is 24.5 Å². The summed E-state index contributed by atoms with van der Waals surface area (Å²) in [6.07, 6.45) is 0. The van der Waals surface area contributed by atoms with Crippen LogP contribution >= 0.6 is 11.3 Å². The Morgan fingerprint density at radius 1 is 1.21 bits per heavy atom. The van der Waals surface area contributed by atoms with Gasteiger partial charge in [-0.05, 0) is 40.1 Å². The predicted molar refractivity (Wildman–Crippen MR) is 112 cm³/mol. The van der Waals surface area contributed by atoms with Gasteiger partial charge in [-0.2, -0.15) is 16.4 Å². The van der Waals surface area contributed by atoms with E-state index >= 15 is 0 Å². The summed E-state index contributed by atoms with van der Waals surface area (Å²) in [5.74, 6) is -0.184. The molecule has 0 aliphatic heterocycles. The second-order valence-corrected chi connectivity index (χ2v) is 7.67. The highest BCUT2D eigenvalue weighted by molar-refractivity contribution is 7.08. The van der Waals surface area contributed by atoms with Crippen LogP contribution in [0.4, 0.5) is 0 Å². The van der Waals surface area contributed by atoms with E-state index in [1.807, 2.05) is 29.6 Å². The molecule has 0 spiro atoms. The van der Waals surface area contributed by atoms with E-state index < -0.39 is 0 Å². The van der Waals surface area contributed by atoms with E-state index in [0.29, 0.717) is 41.2 Å². The lowest BCUT2D eigenvalue weighted by atomic mass is 10.0. The van der Waals surface area contributed by atoms with Crippen molar-refractivity contribution in [2.75, 3.05) is 13.1 Å². The number of carbonyl (C=O) groups is 1. The Bertz CT molecular complexity index is 1190. The summed E-state index contributed by atoms with van der Waals surface area (Å²) in [4.78, 5) is 25.1. The van der Waals surface area contributed by atoms with Gasteiger partial charge in [0.15, 0.2) is 5.65 Å². The molecule has 3 heterocycles. The summed E-state index contributed by atoms with van der Waals surface area (Å²) < 4.78 is 1.50. The molecular formula is C20H21N5O2S. The first kappa shape index (κ1) is 18.4. The smallest absolute Gasteiger partial charge is 0.348 e. The first-order valence-corrected chi connectivity index (χ1v) is 10.1. The molecule has 7 nitrogen and oxygen atoms in total. The summed E-state index contributed by atoms with van der Waals surface area (Å²) >= 11 is 1.61. The summed E-state index contributed by atoms with van der Waals surface area (Å²) in [6.45, 7) is 5.32. The molecule has 3 aromatic heterocycles. The van der Waals surface area contributed by atoms with Crippen molar-refractivity contribution >= 4 is 33.8 Å². The van der Waals surface area contributed by atoms with E-state index in [1.165, 1.54) is 4.40 Å². The zero-order chi connectivity index (χ0) is 19.7. The number of fused-ring (bicyclic) bond motifs is 3. The number of nitrogens with zero attached hydrogens (tertiary/aromatic N) is 2. The van der Waals surface area contributed by atoms with Crippen LogP contribution in [0.3, 0.4) is 0 Å². The topological polar surface area (TPSA) is 91.3 Å². The molecule has 0 aliphatic rings. The number of hydrogen-bond donors (Lipinski definition) is 3. The SMILES string of the molecule is CC(C)NCCNC(=O)c1cc2n[nH]c(=O)n2c2cc(-c3ccsc3)ccc12. The summed E-state index contributed by atoms with van der Waals surface area (Å²) in [5, 5.41) is 17.5. The summed E-state index contributed by atoms with van der Waals surface area (Å²) in [7, 11) is 0. The van der Waals surface area contributed by atoms with Crippen molar-refractivity contribution in [3.05, 3.63) is 57.1 Å². The second-order valence-electron chi connectivity index (χ2n) is 6.89. The number of rotatable bonds is 6. The number of pyridine rings is 1. The molecule has 0 bridgehead atoms. The first-order valence-electron chi connectivity index (χ1n) is 9.12. The maximum atomic E-state index is 12.8. The number of benzene rings is 1. The lowest BCUT2D eigenvalue weighted by molar-refractivity contribution is 0.0955. The van der Waals surface area contributed by atoms with Crippen LogP contribution < -0.4 is 16.3 Å². The fourth-order valence-electron chi connectivity index (χ4n) is 3.22. The van der Waals surface area contributed by atoms with Crippen molar-refractivity contribution in [3.8, 4) is 11.1 Å². The van der Waals surface area contributed by atoms with Crippen LogP contribution in [-0.2, 0) is 0 Å². The molecule has 1 amide bonds. The molecule has 0 radical (unpaired) electrons. The van der Waals surface area contributed by atoms with E-state index in [4.69, 9.17) is 0 Å². The predicted octanol–water partition coefficient (Wildman–Crippen LogP) is 2.63. The van der Waals surface area contributed by atoms with Crippen LogP contribution in [0.15, 0.2) is 45.9 Å². The highest BCUT2D eigenvalue weighted by Gasteiger charge is 2.16. The number of carbonyl (C=O) groups excluding carboxylic acids is 1. The van der Waals surface area contributed by atoms with Gasteiger partial charge in [0.2, 0.25) is 0 Å². The van der Waals surface area contributed by atoms with Crippen LogP contribution in [0, 0.1) is 0 Å². The van der Waals surface area contributed by atoms with Crippen molar-refractivity contribution in [3.63, 3.8) is 0 Å². The van der Waals surface area contributed by atoms with Crippen LogP contribution in [0.2, 0.25) is 0 Å². The number of aromatic nitrogens is 3. The monoisotopic (exact) mass is 395 g/mol. The molecule has 0 unspecified atom stereocenters. The second kappa shape index (κ2) is 7.57. The van der Waals surface area contributed by atoms with Gasteiger partial charge in [-0.1, -0.05) is 26.0 Å². The van der Waals surface area contributed by atoms with Crippen LogP contribution in [0.1, 0.15) is 24.2 Å². The molecule has 0 aliphatic carbocycles. The Hall–Kier alpha value is -2.97. The van der Waals surface area contributed by atoms with E-state index in [-0.39, 0.29) is 11.6 Å². The maximum Gasteiger partial charge on any atom is 0.348 e. The van der Waals surface area contributed by atoms with Crippen LogP contribution in [-0.4, -0.2) is 39.6 Å². The Kier molecular flexibility index (Phi) is 4.97. The van der Waals surface area contributed by atoms with Crippen molar-refractivity contribution in [1.82, 2.24) is 25.2 Å². The van der Waals surface area contributed by atoms with E-state index in [9.17, 15) is 9.59 Å². The lowest BCUT2D eigenvalue weighted by Crippen LogP contribution is -2.34. The van der Waals surface area contributed by atoms with E-state index in [1.54, 1.807) is 17.4 Å². The molecule has 144 valence electrons. The Labute approximate surface area is 165 Å². The highest BCUT2D eigenvalue weighted by atomic mass is 32.1. The first-order chi connectivity index (χ1) is 13.5. The van der Waals surface area contributed by atoms with Gasteiger partial charge in [-0.15, -0.1) is 0 Å². The molecule has 0 saturated heterocycles. The van der Waals surface area contributed by atoms with Gasteiger partial charge in [0.1, 0.15) is 0 Å². The molecule has 0 fully saturated rings. The van der Waals surface area contributed by atoms with Gasteiger partial charge >= 0.3 is 5.69 Å². The van der Waals surface area contributed by atoms with Gasteiger partial charge < -0.3 is 10.6 Å². The molecule has 3 N–H and O–H groups in total. The summed E-state index contributed by atoms with van der Waals surface area (Å²) in [5.41, 5.74) is 3.32. The molecule has 1 aromatic carbocycles. The van der Waals surface area contributed by atoms with E-state index in [0.717, 1.165) is 11.1 Å². The standard InChI is InChI=1S/C20H21N5O2S/c1-12(2)21-6-7-22-19(26)16-10-18-23-24-20(27)25(18)17-9-13(3-4-15(16)17)14-5-8-28-11-14/h3-5,8-12,21H,6-7H2,1-2H3,(H,22,26)(H,24,27). The van der Waals surface area contributed by atoms with E-state index in [2.05, 4.69) is 40.1 Å². The van der Waals surface area contributed by atoms with Crippen molar-refractivity contribution < 1.29 is 4.79 Å². The molecule has 8 heteroatoms. The third kappa shape index (κ3) is 3.44. The molecule has 0 saturated carbocycles. The van der Waals surface area contributed by atoms with Crippen LogP contribution in [0.25, 0.3) is 27.7 Å². The number of amides is 1. The summed E-state index contributed by atoms with van der Waals surface area (Å²) in [6, 6.07) is 9.83. The van der Waals surface area contributed by atoms with Gasteiger partial charge in [-0.25, -0.2) is 14.3 Å². The zero-order valence-corrected chi connectivity index (χ0v) is 16.5. The Morgan fingerprint density at radius 3 is 2.82 bits per heavy atom. The number of thiophene rings is 1. The average molecular weight is 395 g/mol. The van der Waals surface area contributed by atoms with Crippen molar-refractivity contribution in [1.29, 1.82) is 0 Å². The quantitative estimate of drug-likeness (QED) is 0.438. The Morgan fingerprint density at radius 2 is 2.07 bits per heavy atom. The van der Waals surface area contributed by atoms with Gasteiger partial charge in [-0.3, -0.25) is 4.79 Å². The zero-order valence-electron chi connectivity index (χ0n) is 15.7. The molecule has 0 atom stereocenters. The maximum absolute atomic E-state index is 12.8. The van der Waals surface area contributed by atoms with Gasteiger partial charge in [0.25, 0.3) is 5.91 Å². The largest absolute Gasteiger partial charge is 0.351 e. The van der Waals surface area contributed by atoms with Crippen molar-refractivity contribution in [2.24, 2.45) is 0 Å². The molecular weight excluding hydrogens is 374 g/mol. The molecule has 4 rings (SSSR count). The average Bonchev–Trinajstić information content (AvgIpc) is 3.34. The molecule has 28 heavy (non-hydrogen) atoms. The molecule has 4 aromatic rings. The minimum Gasteiger partial charge on any atom is -0.351 e. The number of aromatic amines is 1. The third-order valence-corrected chi connectivity index (χ3v) is 5.25. The normalized spacial score (nSPS) is 11.5.